The normalized spacial score (nSPS) is 26.2. The molecule has 1 saturated heterocycles. The van der Waals surface area contributed by atoms with Crippen LogP contribution in [-0.2, 0) is 11.8 Å². The Labute approximate surface area is 174 Å². The fourth-order valence-corrected chi connectivity index (χ4v) is 5.08. The zero-order chi connectivity index (χ0) is 20.8. The summed E-state index contributed by atoms with van der Waals surface area (Å²) < 4.78 is 23.2. The van der Waals surface area contributed by atoms with Crippen LogP contribution in [0.5, 0.6) is 0 Å². The number of benzene rings is 1. The molecule has 9 heteroatoms. The highest BCUT2D eigenvalue weighted by Gasteiger charge is 2.44. The minimum atomic E-state index is -0.276. The van der Waals surface area contributed by atoms with Crippen LogP contribution in [0.2, 0.25) is 0 Å². The highest BCUT2D eigenvalue weighted by molar-refractivity contribution is 5.57. The Morgan fingerprint density at radius 3 is 2.67 bits per heavy atom. The average Bonchev–Trinajstić information content (AvgIpc) is 3.44. The fraction of sp³-hybridized carbons (Fsp3) is 0.524. The highest BCUT2D eigenvalue weighted by atomic mass is 19.1. The molecule has 8 nitrogen and oxygen atoms in total. The van der Waals surface area contributed by atoms with Gasteiger partial charge in [0.15, 0.2) is 0 Å². The minimum Gasteiger partial charge on any atom is -0.379 e. The van der Waals surface area contributed by atoms with Crippen molar-refractivity contribution in [1.82, 2.24) is 29.8 Å². The smallest absolute Gasteiger partial charge is 0.223 e. The number of halogens is 1. The van der Waals surface area contributed by atoms with Crippen LogP contribution in [-0.4, -0.2) is 56.1 Å². The SMILES string of the molecule is CO[C@@H]1C[C@H]2CN(c3nc(C)nn3C)C[C@H]2C[C@H]1n1cc(-c2cccc(F)c2)nn1. The molecule has 0 bridgehead atoms. The minimum absolute atomic E-state index is 0.0643. The molecule has 0 unspecified atom stereocenters. The third kappa shape index (κ3) is 3.36. The second-order valence-corrected chi connectivity index (χ2v) is 8.41. The maximum absolute atomic E-state index is 13.6. The summed E-state index contributed by atoms with van der Waals surface area (Å²) in [5, 5.41) is 13.1. The number of methoxy groups -OCH3 is 1. The lowest BCUT2D eigenvalue weighted by atomic mass is 9.77. The lowest BCUT2D eigenvalue weighted by molar-refractivity contribution is -0.00541. The van der Waals surface area contributed by atoms with Gasteiger partial charge in [-0.3, -0.25) is 0 Å². The molecule has 3 aromatic rings. The highest BCUT2D eigenvalue weighted by Crippen LogP contribution is 2.43. The van der Waals surface area contributed by atoms with Gasteiger partial charge in [0.05, 0.1) is 18.3 Å². The van der Waals surface area contributed by atoms with Gasteiger partial charge in [0, 0.05) is 32.8 Å². The Kier molecular flexibility index (Phi) is 4.77. The van der Waals surface area contributed by atoms with Crippen LogP contribution in [0.4, 0.5) is 10.3 Å². The maximum Gasteiger partial charge on any atom is 0.223 e. The average molecular weight is 411 g/mol. The van der Waals surface area contributed by atoms with Crippen LogP contribution < -0.4 is 4.90 Å². The van der Waals surface area contributed by atoms with Crippen molar-refractivity contribution in [2.24, 2.45) is 18.9 Å². The monoisotopic (exact) mass is 411 g/mol. The molecular weight excluding hydrogens is 385 g/mol. The molecule has 1 aliphatic carbocycles. The summed E-state index contributed by atoms with van der Waals surface area (Å²) in [6.45, 7) is 3.84. The molecule has 1 aliphatic heterocycles. The lowest BCUT2D eigenvalue weighted by Gasteiger charge is -2.36. The van der Waals surface area contributed by atoms with E-state index in [1.165, 1.54) is 12.1 Å². The van der Waals surface area contributed by atoms with Crippen molar-refractivity contribution < 1.29 is 9.13 Å². The molecule has 3 heterocycles. The number of hydrogen-bond donors (Lipinski definition) is 0. The van der Waals surface area contributed by atoms with Gasteiger partial charge in [-0.25, -0.2) is 13.8 Å². The number of rotatable bonds is 4. The molecule has 2 aromatic heterocycles. The van der Waals surface area contributed by atoms with Gasteiger partial charge in [-0.05, 0) is 43.7 Å². The Hall–Kier alpha value is -2.81. The zero-order valence-electron chi connectivity index (χ0n) is 17.4. The van der Waals surface area contributed by atoms with Gasteiger partial charge in [-0.1, -0.05) is 17.3 Å². The van der Waals surface area contributed by atoms with E-state index in [0.29, 0.717) is 17.5 Å². The Morgan fingerprint density at radius 2 is 1.97 bits per heavy atom. The number of nitrogens with zero attached hydrogens (tertiary/aromatic N) is 7. The first-order chi connectivity index (χ1) is 14.5. The van der Waals surface area contributed by atoms with E-state index in [4.69, 9.17) is 4.74 Å². The van der Waals surface area contributed by atoms with Crippen molar-refractivity contribution >= 4 is 5.95 Å². The van der Waals surface area contributed by atoms with Crippen LogP contribution in [0.3, 0.4) is 0 Å². The van der Waals surface area contributed by atoms with Crippen LogP contribution in [0.25, 0.3) is 11.3 Å². The number of anilines is 1. The third-order valence-corrected chi connectivity index (χ3v) is 6.49. The molecule has 0 amide bonds. The molecule has 30 heavy (non-hydrogen) atoms. The van der Waals surface area contributed by atoms with Crippen molar-refractivity contribution in [3.05, 3.63) is 42.1 Å². The predicted molar refractivity (Wildman–Crippen MR) is 109 cm³/mol. The van der Waals surface area contributed by atoms with Crippen molar-refractivity contribution in [2.45, 2.75) is 31.9 Å². The first-order valence-corrected chi connectivity index (χ1v) is 10.3. The number of ether oxygens (including phenoxy) is 1. The Bertz CT molecular complexity index is 1050. The standard InChI is InChI=1S/C21H26FN7O/c1-13-23-21(27(2)25-13)28-10-15-8-19(20(30-3)9-16(15)11-28)29-12-18(24-26-29)14-5-4-6-17(22)7-14/h4-7,12,15-16,19-20H,8-11H2,1-3H3/t15-,16+,19-,20-/m1/s1. The topological polar surface area (TPSA) is 73.9 Å². The molecule has 0 spiro atoms. The maximum atomic E-state index is 13.6. The van der Waals surface area contributed by atoms with Crippen molar-refractivity contribution in [2.75, 3.05) is 25.1 Å². The van der Waals surface area contributed by atoms with E-state index in [0.717, 1.165) is 43.3 Å². The Morgan fingerprint density at radius 1 is 1.17 bits per heavy atom. The molecule has 2 aliphatic rings. The summed E-state index contributed by atoms with van der Waals surface area (Å²) in [5.41, 5.74) is 1.41. The number of fused-ring (bicyclic) bond motifs is 1. The van der Waals surface area contributed by atoms with Crippen LogP contribution in [0.1, 0.15) is 24.7 Å². The molecule has 0 N–H and O–H groups in total. The summed E-state index contributed by atoms with van der Waals surface area (Å²) in [5.74, 6) is 2.53. The third-order valence-electron chi connectivity index (χ3n) is 6.49. The summed E-state index contributed by atoms with van der Waals surface area (Å²) in [7, 11) is 3.71. The largest absolute Gasteiger partial charge is 0.379 e. The van der Waals surface area contributed by atoms with Gasteiger partial charge >= 0.3 is 0 Å². The molecule has 5 rings (SSSR count). The van der Waals surface area contributed by atoms with E-state index in [9.17, 15) is 4.39 Å². The molecule has 1 saturated carbocycles. The quantitative estimate of drug-likeness (QED) is 0.657. The van der Waals surface area contributed by atoms with Crippen molar-refractivity contribution in [3.8, 4) is 11.3 Å². The van der Waals surface area contributed by atoms with E-state index in [1.54, 1.807) is 13.2 Å². The number of hydrogen-bond acceptors (Lipinski definition) is 6. The van der Waals surface area contributed by atoms with Crippen LogP contribution >= 0.6 is 0 Å². The van der Waals surface area contributed by atoms with Gasteiger partial charge in [0.1, 0.15) is 17.3 Å². The van der Waals surface area contributed by atoms with Crippen LogP contribution in [0.15, 0.2) is 30.5 Å². The van der Waals surface area contributed by atoms with E-state index < -0.39 is 0 Å². The van der Waals surface area contributed by atoms with Gasteiger partial charge < -0.3 is 9.64 Å². The first-order valence-electron chi connectivity index (χ1n) is 10.3. The lowest BCUT2D eigenvalue weighted by Crippen LogP contribution is -2.37. The summed E-state index contributed by atoms with van der Waals surface area (Å²) in [6.07, 6.45) is 3.90. The molecule has 0 radical (unpaired) electrons. The number of aromatic nitrogens is 6. The van der Waals surface area contributed by atoms with Crippen molar-refractivity contribution in [1.29, 1.82) is 0 Å². The van der Waals surface area contributed by atoms with E-state index >= 15 is 0 Å². The first kappa shape index (κ1) is 19.2. The summed E-state index contributed by atoms with van der Waals surface area (Å²) in [4.78, 5) is 6.94. The van der Waals surface area contributed by atoms with Gasteiger partial charge in [-0.2, -0.15) is 10.1 Å². The summed E-state index contributed by atoms with van der Waals surface area (Å²) >= 11 is 0. The second-order valence-electron chi connectivity index (χ2n) is 8.41. The molecule has 158 valence electrons. The predicted octanol–water partition coefficient (Wildman–Crippen LogP) is 2.62. The Balaban J connectivity index is 1.36. The molecule has 4 atom stereocenters. The summed E-state index contributed by atoms with van der Waals surface area (Å²) in [6, 6.07) is 6.55. The second kappa shape index (κ2) is 7.46. The molecular formula is C21H26FN7O. The van der Waals surface area contributed by atoms with E-state index in [2.05, 4.69) is 25.3 Å². The van der Waals surface area contributed by atoms with E-state index in [-0.39, 0.29) is 18.0 Å². The number of aryl methyl sites for hydroxylation is 2. The van der Waals surface area contributed by atoms with E-state index in [1.807, 2.05) is 35.6 Å². The molecule has 1 aromatic carbocycles. The van der Waals surface area contributed by atoms with Crippen LogP contribution in [0, 0.1) is 24.6 Å². The van der Waals surface area contributed by atoms with Gasteiger partial charge in [0.25, 0.3) is 0 Å². The van der Waals surface area contributed by atoms with Gasteiger partial charge in [-0.15, -0.1) is 5.10 Å². The van der Waals surface area contributed by atoms with Crippen molar-refractivity contribution in [3.63, 3.8) is 0 Å². The molecule has 2 fully saturated rings. The zero-order valence-corrected chi connectivity index (χ0v) is 17.4. The fourth-order valence-electron chi connectivity index (χ4n) is 5.08. The van der Waals surface area contributed by atoms with Gasteiger partial charge in [0.2, 0.25) is 5.95 Å².